The Morgan fingerprint density at radius 2 is 1.16 bits per heavy atom. The van der Waals surface area contributed by atoms with Crippen molar-refractivity contribution in [1.82, 2.24) is 9.13 Å². The Bertz CT molecular complexity index is 3970. The second-order valence-corrected chi connectivity index (χ2v) is 20.5. The minimum Gasteiger partial charge on any atom is -0.310 e. The molecule has 2 aliphatic heterocycles. The predicted molar refractivity (Wildman–Crippen MR) is 273 cm³/mol. The fourth-order valence-corrected chi connectivity index (χ4v) is 12.0. The fraction of sp³-hybridized carbons (Fsp3) is 0.138. The van der Waals surface area contributed by atoms with Gasteiger partial charge in [0.15, 0.2) is 0 Å². The van der Waals surface area contributed by atoms with Crippen molar-refractivity contribution in [3.8, 4) is 22.5 Å². The highest BCUT2D eigenvalue weighted by Crippen LogP contribution is 2.50. The van der Waals surface area contributed by atoms with Crippen molar-refractivity contribution in [2.75, 3.05) is 4.90 Å². The molecule has 0 saturated heterocycles. The summed E-state index contributed by atoms with van der Waals surface area (Å²) in [7, 11) is 0. The Morgan fingerprint density at radius 3 is 1.87 bits per heavy atom. The first-order valence-corrected chi connectivity index (χ1v) is 22.7. The van der Waals surface area contributed by atoms with E-state index in [2.05, 4.69) is 195 Å². The second-order valence-electron chi connectivity index (χ2n) is 19.4. The van der Waals surface area contributed by atoms with Crippen LogP contribution in [0.25, 0.3) is 76.2 Å². The third-order valence-corrected chi connectivity index (χ3v) is 14.9. The van der Waals surface area contributed by atoms with Crippen molar-refractivity contribution < 1.29 is 6.85 Å². The van der Waals surface area contributed by atoms with E-state index in [0.29, 0.717) is 5.56 Å². The molecular weight excluding hydrogens is 782 g/mol. The summed E-state index contributed by atoms with van der Waals surface area (Å²) in [5.74, 6) is 0. The molecule has 8 aromatic carbocycles. The number of rotatable bonds is 3. The lowest BCUT2D eigenvalue weighted by Crippen LogP contribution is -2.59. The normalized spacial score (nSPS) is 14.6. The first-order valence-electron chi connectivity index (χ1n) is 24.4. The number of aromatic nitrogens is 2. The minimum absolute atomic E-state index is 0.0639. The number of hydrogen-bond donors (Lipinski definition) is 0. The van der Waals surface area contributed by atoms with E-state index in [-0.39, 0.29) is 47.3 Å². The number of benzene rings is 8. The number of para-hydroxylation sites is 3. The van der Waals surface area contributed by atoms with Crippen LogP contribution in [0.2, 0.25) is 0 Å². The second kappa shape index (κ2) is 12.9. The zero-order chi connectivity index (χ0) is 46.9. The molecule has 11 aromatic rings. The van der Waals surface area contributed by atoms with Crippen molar-refractivity contribution in [3.05, 3.63) is 181 Å². The van der Waals surface area contributed by atoms with Gasteiger partial charge in [0.1, 0.15) is 0 Å². The molecule has 63 heavy (non-hydrogen) atoms. The van der Waals surface area contributed by atoms with Gasteiger partial charge in [-0.15, -0.1) is 11.3 Å². The average molecular weight is 833 g/mol. The van der Waals surface area contributed by atoms with Gasteiger partial charge in [0.2, 0.25) is 0 Å². The summed E-state index contributed by atoms with van der Waals surface area (Å²) in [5.41, 5.74) is 14.9. The SMILES string of the molecule is [2H]c1c([2H])c([2H])c(-c2cc3c4c(c2)-n2c5ccccc5c5c6c7ccccc7n(-c7ccccc7)c6cc(c52)B4c2sc4ccc(C(C)(C)C)cc4c2N3c2ccc(C(C)(C)C)cc2)c([2H])c1[2H]. The molecule has 302 valence electrons. The molecule has 13 rings (SSSR count). The van der Waals surface area contributed by atoms with Gasteiger partial charge in [0, 0.05) is 59.2 Å². The van der Waals surface area contributed by atoms with Crippen LogP contribution < -0.4 is 20.6 Å². The van der Waals surface area contributed by atoms with Crippen LogP contribution in [0.4, 0.5) is 17.1 Å². The van der Waals surface area contributed by atoms with Crippen molar-refractivity contribution in [2.24, 2.45) is 0 Å². The van der Waals surface area contributed by atoms with Crippen LogP contribution in [0.15, 0.2) is 170 Å². The Morgan fingerprint density at radius 1 is 0.524 bits per heavy atom. The summed E-state index contributed by atoms with van der Waals surface area (Å²) in [6.45, 7) is 13.3. The van der Waals surface area contributed by atoms with Gasteiger partial charge in [-0.25, -0.2) is 0 Å². The molecule has 0 spiro atoms. The van der Waals surface area contributed by atoms with E-state index in [0.717, 1.165) is 61.4 Å². The average Bonchev–Trinajstić information content (AvgIpc) is 3.99. The monoisotopic (exact) mass is 832 g/mol. The van der Waals surface area contributed by atoms with Crippen LogP contribution in [0.3, 0.4) is 0 Å². The molecule has 3 nitrogen and oxygen atoms in total. The van der Waals surface area contributed by atoms with Crippen LogP contribution in [0.5, 0.6) is 0 Å². The highest BCUT2D eigenvalue weighted by atomic mass is 32.1. The summed E-state index contributed by atoms with van der Waals surface area (Å²) in [6, 6.07) is 49.1. The molecule has 2 aliphatic rings. The van der Waals surface area contributed by atoms with E-state index in [1.807, 2.05) is 11.3 Å². The Labute approximate surface area is 379 Å². The third-order valence-electron chi connectivity index (χ3n) is 13.7. The van der Waals surface area contributed by atoms with Crippen LogP contribution in [-0.2, 0) is 10.8 Å². The largest absolute Gasteiger partial charge is 0.310 e. The topological polar surface area (TPSA) is 13.1 Å². The van der Waals surface area contributed by atoms with Crippen LogP contribution in [0.1, 0.15) is 59.5 Å². The number of hydrogen-bond acceptors (Lipinski definition) is 2. The number of anilines is 3. The smallest absolute Gasteiger partial charge is 0.264 e. The summed E-state index contributed by atoms with van der Waals surface area (Å²) in [6.07, 6.45) is 0. The zero-order valence-corrected chi connectivity index (χ0v) is 36.9. The van der Waals surface area contributed by atoms with E-state index >= 15 is 0 Å². The molecule has 0 saturated carbocycles. The molecule has 0 N–H and O–H groups in total. The Hall–Kier alpha value is -6.82. The molecule has 0 unspecified atom stereocenters. The van der Waals surface area contributed by atoms with E-state index < -0.39 is 6.04 Å². The number of fused-ring (bicyclic) bond motifs is 13. The lowest BCUT2D eigenvalue weighted by atomic mass is 9.36. The van der Waals surface area contributed by atoms with Gasteiger partial charge in [-0.3, -0.25) is 0 Å². The van der Waals surface area contributed by atoms with Gasteiger partial charge < -0.3 is 14.0 Å². The molecule has 0 amide bonds. The van der Waals surface area contributed by atoms with Gasteiger partial charge in [-0.05, 0) is 111 Å². The first-order chi connectivity index (χ1) is 32.6. The van der Waals surface area contributed by atoms with Crippen molar-refractivity contribution >= 4 is 105 Å². The van der Waals surface area contributed by atoms with Crippen molar-refractivity contribution in [2.45, 2.75) is 52.4 Å². The predicted octanol–water partition coefficient (Wildman–Crippen LogP) is 14.0. The fourth-order valence-electron chi connectivity index (χ4n) is 10.7. The Kier molecular flexibility index (Phi) is 6.53. The lowest BCUT2D eigenvalue weighted by molar-refractivity contribution is 0.590. The van der Waals surface area contributed by atoms with Crippen LogP contribution in [0, 0.1) is 0 Å². The molecular formula is C58H46BN3S. The standard InChI is InChI=1S/C58H46BN3S/c1-57(2,3)37-25-28-40(29-26-37)61-48-31-36(35-17-9-7-10-18-35)32-49-53(48)59(56-54(61)43-33-38(58(4,5)6)27-30-50(43)63-56)44-34-47-51(52-42-22-14-16-24-46(42)62(49)55(44)52)41-21-13-15-23-45(41)60(47)39-19-11-8-12-20-39/h7-34H,1-6H3/i7D,9D,10D,17D,18D. The summed E-state index contributed by atoms with van der Waals surface area (Å²) < 4.78 is 52.3. The maximum absolute atomic E-state index is 9.35. The number of thiophene rings is 1. The highest BCUT2D eigenvalue weighted by Gasteiger charge is 2.45. The van der Waals surface area contributed by atoms with Crippen LogP contribution in [-0.4, -0.2) is 15.8 Å². The van der Waals surface area contributed by atoms with E-state index in [1.165, 1.54) is 47.6 Å². The van der Waals surface area contributed by atoms with Gasteiger partial charge >= 0.3 is 0 Å². The maximum Gasteiger partial charge on any atom is 0.264 e. The molecule has 5 heteroatoms. The maximum atomic E-state index is 9.35. The van der Waals surface area contributed by atoms with Gasteiger partial charge in [0.25, 0.3) is 6.71 Å². The van der Waals surface area contributed by atoms with Gasteiger partial charge in [-0.1, -0.05) is 145 Å². The third kappa shape index (κ3) is 5.14. The van der Waals surface area contributed by atoms with E-state index in [1.54, 1.807) is 0 Å². The van der Waals surface area contributed by atoms with Crippen molar-refractivity contribution in [1.29, 1.82) is 0 Å². The highest BCUT2D eigenvalue weighted by molar-refractivity contribution is 7.33. The molecule has 0 aliphatic carbocycles. The molecule has 5 heterocycles. The van der Waals surface area contributed by atoms with Gasteiger partial charge in [-0.2, -0.15) is 0 Å². The quantitative estimate of drug-likeness (QED) is 0.162. The van der Waals surface area contributed by atoms with Crippen molar-refractivity contribution in [3.63, 3.8) is 0 Å². The molecule has 3 aromatic heterocycles. The molecule has 0 bridgehead atoms. The van der Waals surface area contributed by atoms with E-state index in [9.17, 15) is 2.74 Å². The summed E-state index contributed by atoms with van der Waals surface area (Å²) in [5, 5.41) is 5.83. The molecule has 0 fully saturated rings. The van der Waals surface area contributed by atoms with Crippen LogP contribution >= 0.6 is 11.3 Å². The van der Waals surface area contributed by atoms with E-state index in [4.69, 9.17) is 4.11 Å². The molecule has 0 atom stereocenters. The lowest BCUT2D eigenvalue weighted by Gasteiger charge is -2.39. The first kappa shape index (κ1) is 31.9. The van der Waals surface area contributed by atoms with Gasteiger partial charge in [0.05, 0.1) is 34.6 Å². The molecule has 0 radical (unpaired) electrons. The zero-order valence-electron chi connectivity index (χ0n) is 41.1. The minimum atomic E-state index is -0.404. The summed E-state index contributed by atoms with van der Waals surface area (Å²) in [4.78, 5) is 2.41. The summed E-state index contributed by atoms with van der Waals surface area (Å²) >= 11 is 1.86. The number of nitrogens with zero attached hydrogens (tertiary/aromatic N) is 3. The Balaban J connectivity index is 1.26.